The second kappa shape index (κ2) is 7.11. The number of aromatic carboxylic acids is 1. The first-order valence-electron chi connectivity index (χ1n) is 7.31. The number of carboxylic acids is 1. The molecule has 0 aliphatic heterocycles. The molecule has 5 nitrogen and oxygen atoms in total. The summed E-state index contributed by atoms with van der Waals surface area (Å²) < 4.78 is 5.16. The van der Waals surface area contributed by atoms with Gasteiger partial charge in [0, 0.05) is 6.42 Å². The number of benzene rings is 1. The van der Waals surface area contributed by atoms with E-state index in [9.17, 15) is 9.59 Å². The van der Waals surface area contributed by atoms with Gasteiger partial charge in [0.1, 0.15) is 5.75 Å². The highest BCUT2D eigenvalue weighted by Crippen LogP contribution is 2.29. The summed E-state index contributed by atoms with van der Waals surface area (Å²) in [5.74, 6) is -0.201. The number of rotatable bonds is 5. The molecule has 1 amide bonds. The van der Waals surface area contributed by atoms with Gasteiger partial charge in [-0.2, -0.15) is 0 Å². The molecular weight excluding hydrogens is 270 g/mol. The van der Waals surface area contributed by atoms with Crippen molar-refractivity contribution >= 4 is 17.6 Å². The van der Waals surface area contributed by atoms with E-state index in [1.54, 1.807) is 6.07 Å². The van der Waals surface area contributed by atoms with Crippen LogP contribution in [0.25, 0.3) is 0 Å². The van der Waals surface area contributed by atoms with Crippen LogP contribution in [0.15, 0.2) is 18.2 Å². The monoisotopic (exact) mass is 291 g/mol. The van der Waals surface area contributed by atoms with E-state index < -0.39 is 5.97 Å². The molecule has 0 spiro atoms. The minimum Gasteiger partial charge on any atom is -0.495 e. The van der Waals surface area contributed by atoms with Gasteiger partial charge in [0.25, 0.3) is 0 Å². The summed E-state index contributed by atoms with van der Waals surface area (Å²) >= 11 is 0. The van der Waals surface area contributed by atoms with E-state index in [1.807, 2.05) is 0 Å². The number of ether oxygens (including phenoxy) is 1. The minimum absolute atomic E-state index is 0.0808. The minimum atomic E-state index is -1.03. The molecule has 1 aromatic rings. The molecule has 0 bridgehead atoms. The Morgan fingerprint density at radius 1 is 1.29 bits per heavy atom. The number of nitrogens with one attached hydrogen (secondary N) is 1. The fraction of sp³-hybridized carbons (Fsp3) is 0.500. The van der Waals surface area contributed by atoms with Crippen molar-refractivity contribution in [2.75, 3.05) is 12.4 Å². The molecule has 2 rings (SSSR count). The molecule has 1 fully saturated rings. The molecule has 1 aromatic carbocycles. The van der Waals surface area contributed by atoms with Gasteiger partial charge in [-0.15, -0.1) is 0 Å². The van der Waals surface area contributed by atoms with Gasteiger partial charge in [-0.1, -0.05) is 19.3 Å². The predicted octanol–water partition coefficient (Wildman–Crippen LogP) is 3.30. The van der Waals surface area contributed by atoms with Crippen molar-refractivity contribution in [1.82, 2.24) is 0 Å². The van der Waals surface area contributed by atoms with Crippen LogP contribution in [0.3, 0.4) is 0 Å². The van der Waals surface area contributed by atoms with Crippen LogP contribution in [0.2, 0.25) is 0 Å². The van der Waals surface area contributed by atoms with E-state index >= 15 is 0 Å². The Labute approximate surface area is 124 Å². The number of carbonyl (C=O) groups is 2. The average Bonchev–Trinajstić information content (AvgIpc) is 2.48. The molecule has 1 aliphatic rings. The second-order valence-corrected chi connectivity index (χ2v) is 5.48. The quantitative estimate of drug-likeness (QED) is 0.872. The lowest BCUT2D eigenvalue weighted by atomic mass is 9.87. The molecule has 21 heavy (non-hydrogen) atoms. The number of carboxylic acid groups (broad SMARTS) is 1. The third kappa shape index (κ3) is 4.21. The van der Waals surface area contributed by atoms with Crippen LogP contribution in [-0.4, -0.2) is 24.1 Å². The Kier molecular flexibility index (Phi) is 5.20. The highest BCUT2D eigenvalue weighted by Gasteiger charge is 2.18. The molecule has 5 heteroatoms. The lowest BCUT2D eigenvalue weighted by molar-refractivity contribution is -0.117. The summed E-state index contributed by atoms with van der Waals surface area (Å²) in [7, 11) is 1.49. The highest BCUT2D eigenvalue weighted by atomic mass is 16.5. The number of amides is 1. The molecular formula is C16H21NO4. The molecule has 1 saturated carbocycles. The van der Waals surface area contributed by atoms with Gasteiger partial charge in [0.2, 0.25) is 5.91 Å². The first-order valence-corrected chi connectivity index (χ1v) is 7.31. The van der Waals surface area contributed by atoms with Crippen molar-refractivity contribution < 1.29 is 19.4 Å². The van der Waals surface area contributed by atoms with Crippen molar-refractivity contribution in [2.24, 2.45) is 5.92 Å². The average molecular weight is 291 g/mol. The zero-order chi connectivity index (χ0) is 15.2. The van der Waals surface area contributed by atoms with Gasteiger partial charge in [-0.05, 0) is 37.0 Å². The van der Waals surface area contributed by atoms with Crippen molar-refractivity contribution in [3.05, 3.63) is 23.8 Å². The van der Waals surface area contributed by atoms with E-state index in [0.29, 0.717) is 23.8 Å². The molecule has 0 unspecified atom stereocenters. The van der Waals surface area contributed by atoms with Gasteiger partial charge >= 0.3 is 5.97 Å². The molecule has 1 aliphatic carbocycles. The van der Waals surface area contributed by atoms with E-state index in [4.69, 9.17) is 9.84 Å². The third-order valence-electron chi connectivity index (χ3n) is 3.92. The van der Waals surface area contributed by atoms with Gasteiger partial charge in [0.05, 0.1) is 18.4 Å². The van der Waals surface area contributed by atoms with Crippen LogP contribution < -0.4 is 10.1 Å². The Morgan fingerprint density at radius 3 is 2.62 bits per heavy atom. The number of anilines is 1. The van der Waals surface area contributed by atoms with Crippen LogP contribution in [0, 0.1) is 5.92 Å². The topological polar surface area (TPSA) is 75.6 Å². The molecule has 0 saturated heterocycles. The zero-order valence-corrected chi connectivity index (χ0v) is 12.2. The SMILES string of the molecule is COc1ccc(C(=O)O)cc1NC(=O)CC1CCCCC1. The normalized spacial score (nSPS) is 15.5. The maximum absolute atomic E-state index is 12.1. The first-order chi connectivity index (χ1) is 10.1. The van der Waals surface area contributed by atoms with Crippen molar-refractivity contribution in [1.29, 1.82) is 0 Å². The summed E-state index contributed by atoms with van der Waals surface area (Å²) in [6, 6.07) is 4.44. The van der Waals surface area contributed by atoms with Crippen LogP contribution in [0.5, 0.6) is 5.75 Å². The molecule has 114 valence electrons. The zero-order valence-electron chi connectivity index (χ0n) is 12.2. The van der Waals surface area contributed by atoms with Gasteiger partial charge in [-0.25, -0.2) is 4.79 Å². The van der Waals surface area contributed by atoms with Crippen molar-refractivity contribution in [2.45, 2.75) is 38.5 Å². The first kappa shape index (κ1) is 15.4. The largest absolute Gasteiger partial charge is 0.495 e. The van der Waals surface area contributed by atoms with E-state index in [1.165, 1.54) is 38.5 Å². The molecule has 0 radical (unpaired) electrons. The Balaban J connectivity index is 2.04. The fourth-order valence-corrected chi connectivity index (χ4v) is 2.79. The van der Waals surface area contributed by atoms with Crippen LogP contribution in [0.1, 0.15) is 48.9 Å². The van der Waals surface area contributed by atoms with Gasteiger partial charge in [0.15, 0.2) is 0 Å². The second-order valence-electron chi connectivity index (χ2n) is 5.48. The summed E-state index contributed by atoms with van der Waals surface area (Å²) in [4.78, 5) is 23.1. The smallest absolute Gasteiger partial charge is 0.335 e. The predicted molar refractivity (Wildman–Crippen MR) is 79.8 cm³/mol. The number of hydrogen-bond donors (Lipinski definition) is 2. The van der Waals surface area contributed by atoms with E-state index in [2.05, 4.69) is 5.32 Å². The van der Waals surface area contributed by atoms with Crippen molar-refractivity contribution in [3.8, 4) is 5.75 Å². The summed E-state index contributed by atoms with van der Waals surface area (Å²) in [6.45, 7) is 0. The Morgan fingerprint density at radius 2 is 2.00 bits per heavy atom. The maximum atomic E-state index is 12.1. The third-order valence-corrected chi connectivity index (χ3v) is 3.92. The number of carbonyl (C=O) groups excluding carboxylic acids is 1. The van der Waals surface area contributed by atoms with E-state index in [0.717, 1.165) is 12.8 Å². The standard InChI is InChI=1S/C16H21NO4/c1-21-14-8-7-12(16(19)20)10-13(14)17-15(18)9-11-5-3-2-4-6-11/h7-8,10-11H,2-6,9H2,1H3,(H,17,18)(H,19,20). The van der Waals surface area contributed by atoms with Crippen LogP contribution in [-0.2, 0) is 4.79 Å². The Bertz CT molecular complexity index is 521. The molecule has 0 aromatic heterocycles. The fourth-order valence-electron chi connectivity index (χ4n) is 2.79. The number of methoxy groups -OCH3 is 1. The molecule has 0 atom stereocenters. The lowest BCUT2D eigenvalue weighted by Gasteiger charge is -2.21. The van der Waals surface area contributed by atoms with E-state index in [-0.39, 0.29) is 11.5 Å². The summed E-state index contributed by atoms with van der Waals surface area (Å²) in [6.07, 6.45) is 6.32. The lowest BCUT2D eigenvalue weighted by Crippen LogP contribution is -2.19. The van der Waals surface area contributed by atoms with Crippen LogP contribution >= 0.6 is 0 Å². The highest BCUT2D eigenvalue weighted by molar-refractivity contribution is 5.95. The van der Waals surface area contributed by atoms with Gasteiger partial charge in [-0.3, -0.25) is 4.79 Å². The maximum Gasteiger partial charge on any atom is 0.335 e. The summed E-state index contributed by atoms with van der Waals surface area (Å²) in [5, 5.41) is 11.8. The van der Waals surface area contributed by atoms with Gasteiger partial charge < -0.3 is 15.2 Å². The Hall–Kier alpha value is -2.04. The summed E-state index contributed by atoms with van der Waals surface area (Å²) in [5.41, 5.74) is 0.543. The number of hydrogen-bond acceptors (Lipinski definition) is 3. The molecule has 2 N–H and O–H groups in total. The van der Waals surface area contributed by atoms with Crippen LogP contribution in [0.4, 0.5) is 5.69 Å². The molecule has 0 heterocycles. The van der Waals surface area contributed by atoms with Crippen molar-refractivity contribution in [3.63, 3.8) is 0 Å².